The van der Waals surface area contributed by atoms with Crippen LogP contribution in [-0.4, -0.2) is 12.5 Å². The van der Waals surface area contributed by atoms with Crippen LogP contribution in [0.2, 0.25) is 0 Å². The normalized spacial score (nSPS) is 13.9. The van der Waals surface area contributed by atoms with Gasteiger partial charge in [0.25, 0.3) is 0 Å². The summed E-state index contributed by atoms with van der Waals surface area (Å²) >= 11 is 3.50. The van der Waals surface area contributed by atoms with Crippen LogP contribution in [0.5, 0.6) is 0 Å². The van der Waals surface area contributed by atoms with Gasteiger partial charge in [-0.1, -0.05) is 41.1 Å². The molecule has 1 aliphatic rings. The number of anilines is 3. The van der Waals surface area contributed by atoms with Gasteiger partial charge in [-0.2, -0.15) is 0 Å². The van der Waals surface area contributed by atoms with Crippen LogP contribution in [0.3, 0.4) is 0 Å². The number of carbonyl (C=O) groups excluding carboxylic acids is 1. The zero-order valence-electron chi connectivity index (χ0n) is 11.2. The van der Waals surface area contributed by atoms with Gasteiger partial charge in [-0.15, -0.1) is 0 Å². The summed E-state index contributed by atoms with van der Waals surface area (Å²) < 4.78 is 1.01. The topological polar surface area (TPSA) is 32.3 Å². The maximum atomic E-state index is 11.9. The Labute approximate surface area is 126 Å². The zero-order valence-corrected chi connectivity index (χ0v) is 12.8. The maximum absolute atomic E-state index is 11.9. The quantitative estimate of drug-likeness (QED) is 0.898. The van der Waals surface area contributed by atoms with Crippen molar-refractivity contribution in [3.8, 4) is 0 Å². The molecule has 0 aliphatic carbocycles. The molecule has 1 amide bonds. The second-order valence-electron chi connectivity index (χ2n) is 4.78. The molecule has 0 bridgehead atoms. The summed E-state index contributed by atoms with van der Waals surface area (Å²) in [7, 11) is 0. The summed E-state index contributed by atoms with van der Waals surface area (Å²) in [4.78, 5) is 14.0. The second kappa shape index (κ2) is 5.29. The SMILES string of the molecule is CCc1ccccc1N1CC(=O)Nc2ccc(Br)cc21. The molecule has 4 heteroatoms. The van der Waals surface area contributed by atoms with Crippen LogP contribution in [0.4, 0.5) is 17.1 Å². The highest BCUT2D eigenvalue weighted by atomic mass is 79.9. The molecule has 0 aromatic heterocycles. The first kappa shape index (κ1) is 13.2. The average molecular weight is 331 g/mol. The lowest BCUT2D eigenvalue weighted by molar-refractivity contribution is -0.115. The molecule has 1 heterocycles. The van der Waals surface area contributed by atoms with Crippen molar-refractivity contribution in [3.05, 3.63) is 52.5 Å². The predicted octanol–water partition coefficient (Wildman–Crippen LogP) is 4.10. The van der Waals surface area contributed by atoms with Crippen molar-refractivity contribution in [1.29, 1.82) is 0 Å². The molecule has 102 valence electrons. The third kappa shape index (κ3) is 2.31. The first-order valence-electron chi connectivity index (χ1n) is 6.64. The number of nitrogens with zero attached hydrogens (tertiary/aromatic N) is 1. The van der Waals surface area contributed by atoms with E-state index in [-0.39, 0.29) is 5.91 Å². The van der Waals surface area contributed by atoms with Gasteiger partial charge in [0.15, 0.2) is 0 Å². The molecule has 0 unspecified atom stereocenters. The molecule has 0 radical (unpaired) electrons. The largest absolute Gasteiger partial charge is 0.330 e. The van der Waals surface area contributed by atoms with Crippen LogP contribution in [0.25, 0.3) is 0 Å². The van der Waals surface area contributed by atoms with Crippen molar-refractivity contribution in [1.82, 2.24) is 0 Å². The Hall–Kier alpha value is -1.81. The number of nitrogens with one attached hydrogen (secondary N) is 1. The zero-order chi connectivity index (χ0) is 14.1. The lowest BCUT2D eigenvalue weighted by Crippen LogP contribution is -2.35. The predicted molar refractivity (Wildman–Crippen MR) is 85.6 cm³/mol. The summed E-state index contributed by atoms with van der Waals surface area (Å²) in [6, 6.07) is 14.1. The van der Waals surface area contributed by atoms with E-state index in [0.29, 0.717) is 6.54 Å². The van der Waals surface area contributed by atoms with Crippen LogP contribution in [0.1, 0.15) is 12.5 Å². The van der Waals surface area contributed by atoms with E-state index in [2.05, 4.69) is 45.2 Å². The minimum Gasteiger partial charge on any atom is -0.330 e. The third-order valence-corrected chi connectivity index (χ3v) is 3.98. The van der Waals surface area contributed by atoms with Gasteiger partial charge < -0.3 is 10.2 Å². The number of carbonyl (C=O) groups is 1. The summed E-state index contributed by atoms with van der Waals surface area (Å²) in [5.74, 6) is 0.0192. The van der Waals surface area contributed by atoms with E-state index in [9.17, 15) is 4.79 Å². The smallest absolute Gasteiger partial charge is 0.244 e. The van der Waals surface area contributed by atoms with E-state index >= 15 is 0 Å². The van der Waals surface area contributed by atoms with E-state index in [1.807, 2.05) is 30.3 Å². The van der Waals surface area contributed by atoms with Crippen LogP contribution < -0.4 is 10.2 Å². The molecule has 0 spiro atoms. The van der Waals surface area contributed by atoms with Gasteiger partial charge in [0.05, 0.1) is 11.4 Å². The van der Waals surface area contributed by atoms with Crippen LogP contribution in [-0.2, 0) is 11.2 Å². The first-order valence-corrected chi connectivity index (χ1v) is 7.43. The maximum Gasteiger partial charge on any atom is 0.244 e. The Morgan fingerprint density at radius 1 is 1.20 bits per heavy atom. The minimum atomic E-state index is 0.0192. The molecular formula is C16H15BrN2O. The Morgan fingerprint density at radius 3 is 2.80 bits per heavy atom. The molecule has 3 rings (SSSR count). The number of hydrogen-bond acceptors (Lipinski definition) is 2. The molecule has 1 aliphatic heterocycles. The van der Waals surface area contributed by atoms with Gasteiger partial charge in [-0.3, -0.25) is 4.79 Å². The van der Waals surface area contributed by atoms with Crippen LogP contribution in [0, 0.1) is 0 Å². The molecule has 0 saturated carbocycles. The van der Waals surface area contributed by atoms with Crippen molar-refractivity contribution < 1.29 is 4.79 Å². The van der Waals surface area contributed by atoms with Crippen molar-refractivity contribution in [3.63, 3.8) is 0 Å². The number of halogens is 1. The molecule has 0 atom stereocenters. The number of para-hydroxylation sites is 1. The Balaban J connectivity index is 2.15. The molecule has 3 nitrogen and oxygen atoms in total. The monoisotopic (exact) mass is 330 g/mol. The molecular weight excluding hydrogens is 316 g/mol. The molecule has 0 fully saturated rings. The minimum absolute atomic E-state index is 0.0192. The van der Waals surface area contributed by atoms with Gasteiger partial charge in [0.1, 0.15) is 6.54 Å². The van der Waals surface area contributed by atoms with Gasteiger partial charge in [-0.25, -0.2) is 0 Å². The van der Waals surface area contributed by atoms with Gasteiger partial charge in [0.2, 0.25) is 5.91 Å². The van der Waals surface area contributed by atoms with E-state index in [1.165, 1.54) is 5.56 Å². The van der Waals surface area contributed by atoms with Crippen molar-refractivity contribution in [2.24, 2.45) is 0 Å². The number of rotatable bonds is 2. The van der Waals surface area contributed by atoms with E-state index in [1.54, 1.807) is 0 Å². The summed E-state index contributed by atoms with van der Waals surface area (Å²) in [6.07, 6.45) is 0.942. The van der Waals surface area contributed by atoms with E-state index in [4.69, 9.17) is 0 Å². The highest BCUT2D eigenvalue weighted by molar-refractivity contribution is 9.10. The molecule has 0 saturated heterocycles. The van der Waals surface area contributed by atoms with Crippen molar-refractivity contribution in [2.45, 2.75) is 13.3 Å². The molecule has 1 N–H and O–H groups in total. The van der Waals surface area contributed by atoms with Gasteiger partial charge in [-0.05, 0) is 36.2 Å². The lowest BCUT2D eigenvalue weighted by atomic mass is 10.1. The highest BCUT2D eigenvalue weighted by Crippen LogP contribution is 2.38. The fraction of sp³-hybridized carbons (Fsp3) is 0.188. The fourth-order valence-electron chi connectivity index (χ4n) is 2.54. The van der Waals surface area contributed by atoms with Gasteiger partial charge in [0, 0.05) is 10.2 Å². The van der Waals surface area contributed by atoms with Crippen molar-refractivity contribution in [2.75, 3.05) is 16.8 Å². The molecule has 2 aromatic carbocycles. The number of amides is 1. The number of fused-ring (bicyclic) bond motifs is 1. The Morgan fingerprint density at radius 2 is 2.00 bits per heavy atom. The average Bonchev–Trinajstić information content (AvgIpc) is 2.47. The third-order valence-electron chi connectivity index (χ3n) is 3.49. The summed E-state index contributed by atoms with van der Waals surface area (Å²) in [5.41, 5.74) is 4.23. The standard InChI is InChI=1S/C16H15BrN2O/c1-2-11-5-3-4-6-14(11)19-10-16(20)18-13-8-7-12(17)9-15(13)19/h3-9H,2,10H2,1H3,(H,18,20). The van der Waals surface area contributed by atoms with E-state index in [0.717, 1.165) is 28.0 Å². The van der Waals surface area contributed by atoms with Crippen LogP contribution >= 0.6 is 15.9 Å². The van der Waals surface area contributed by atoms with Crippen LogP contribution in [0.15, 0.2) is 46.9 Å². The molecule has 2 aromatic rings. The fourth-order valence-corrected chi connectivity index (χ4v) is 2.89. The Bertz CT molecular complexity index is 669. The number of aryl methyl sites for hydroxylation is 1. The molecule has 20 heavy (non-hydrogen) atoms. The van der Waals surface area contributed by atoms with Crippen molar-refractivity contribution >= 4 is 38.9 Å². The lowest BCUT2D eigenvalue weighted by Gasteiger charge is -2.32. The summed E-state index contributed by atoms with van der Waals surface area (Å²) in [5, 5.41) is 2.92. The summed E-state index contributed by atoms with van der Waals surface area (Å²) in [6.45, 7) is 2.48. The van der Waals surface area contributed by atoms with E-state index < -0.39 is 0 Å². The van der Waals surface area contributed by atoms with Gasteiger partial charge >= 0.3 is 0 Å². The Kier molecular flexibility index (Phi) is 3.49. The first-order chi connectivity index (χ1) is 9.69. The number of benzene rings is 2. The number of hydrogen-bond donors (Lipinski definition) is 1. The second-order valence-corrected chi connectivity index (χ2v) is 5.69. The highest BCUT2D eigenvalue weighted by Gasteiger charge is 2.24.